The first-order valence-corrected chi connectivity index (χ1v) is 8.89. The van der Waals surface area contributed by atoms with Crippen LogP contribution >= 0.6 is 0 Å². The van der Waals surface area contributed by atoms with E-state index in [1.807, 2.05) is 48.3 Å². The van der Waals surface area contributed by atoms with Crippen molar-refractivity contribution in [3.05, 3.63) is 65.1 Å². The van der Waals surface area contributed by atoms with Crippen molar-refractivity contribution >= 4 is 17.9 Å². The first-order chi connectivity index (χ1) is 12.7. The molecule has 0 bridgehead atoms. The van der Waals surface area contributed by atoms with Gasteiger partial charge in [0.25, 0.3) is 0 Å². The molecule has 0 amide bonds. The van der Waals surface area contributed by atoms with Crippen molar-refractivity contribution in [2.75, 3.05) is 6.61 Å². The van der Waals surface area contributed by atoms with E-state index in [1.165, 1.54) is 12.8 Å². The van der Waals surface area contributed by atoms with Crippen LogP contribution in [0.2, 0.25) is 0 Å². The van der Waals surface area contributed by atoms with E-state index in [0.29, 0.717) is 23.9 Å². The number of fused-ring (bicyclic) bond motifs is 1. The van der Waals surface area contributed by atoms with Gasteiger partial charge in [-0.25, -0.2) is 4.98 Å². The van der Waals surface area contributed by atoms with E-state index in [0.717, 1.165) is 35.3 Å². The summed E-state index contributed by atoms with van der Waals surface area (Å²) in [6.07, 6.45) is 16.5. The highest BCUT2D eigenvalue weighted by Crippen LogP contribution is 2.30. The maximum absolute atomic E-state index is 11.4. The molecule has 2 aliphatic carbocycles. The zero-order valence-corrected chi connectivity index (χ0v) is 14.8. The van der Waals surface area contributed by atoms with Crippen LogP contribution in [0.4, 0.5) is 0 Å². The van der Waals surface area contributed by atoms with Gasteiger partial charge in [0.2, 0.25) is 5.88 Å². The highest BCUT2D eigenvalue weighted by Gasteiger charge is 2.22. The van der Waals surface area contributed by atoms with E-state index in [1.54, 1.807) is 6.08 Å². The van der Waals surface area contributed by atoms with Crippen molar-refractivity contribution in [3.63, 3.8) is 0 Å². The lowest BCUT2D eigenvalue weighted by Crippen LogP contribution is -2.05. The van der Waals surface area contributed by atoms with Crippen LogP contribution in [0.25, 0.3) is 11.6 Å². The molecule has 2 aromatic rings. The summed E-state index contributed by atoms with van der Waals surface area (Å²) in [5.41, 5.74) is 4.35. The van der Waals surface area contributed by atoms with E-state index in [-0.39, 0.29) is 0 Å². The van der Waals surface area contributed by atoms with Crippen LogP contribution in [-0.2, 0) is 11.3 Å². The molecule has 0 spiro atoms. The molecule has 0 aromatic carbocycles. The summed E-state index contributed by atoms with van der Waals surface area (Å²) in [6, 6.07) is 2.09. The molecule has 1 fully saturated rings. The summed E-state index contributed by atoms with van der Waals surface area (Å²) in [5.74, 6) is 1.43. The minimum atomic E-state index is 0.594. The van der Waals surface area contributed by atoms with Gasteiger partial charge in [-0.1, -0.05) is 24.3 Å². The Morgan fingerprint density at radius 2 is 2.19 bits per heavy atom. The third-order valence-electron chi connectivity index (χ3n) is 4.56. The van der Waals surface area contributed by atoms with Crippen LogP contribution in [0.1, 0.15) is 35.2 Å². The fourth-order valence-electron chi connectivity index (χ4n) is 2.95. The van der Waals surface area contributed by atoms with Gasteiger partial charge in [0.05, 0.1) is 18.8 Å². The van der Waals surface area contributed by atoms with Crippen molar-refractivity contribution in [1.29, 1.82) is 0 Å². The number of rotatable bonds is 6. The van der Waals surface area contributed by atoms with Gasteiger partial charge in [-0.2, -0.15) is 5.10 Å². The van der Waals surface area contributed by atoms with Gasteiger partial charge in [0, 0.05) is 29.1 Å². The van der Waals surface area contributed by atoms with E-state index < -0.39 is 0 Å². The molecule has 1 saturated carbocycles. The quantitative estimate of drug-likeness (QED) is 0.750. The second kappa shape index (κ2) is 7.12. The number of carbonyl (C=O) groups excluding carboxylic acids is 1. The van der Waals surface area contributed by atoms with E-state index in [4.69, 9.17) is 4.74 Å². The van der Waals surface area contributed by atoms with Crippen LogP contribution in [0.15, 0.2) is 42.8 Å². The van der Waals surface area contributed by atoms with Gasteiger partial charge in [-0.15, -0.1) is 0 Å². The Labute approximate surface area is 152 Å². The summed E-state index contributed by atoms with van der Waals surface area (Å²) in [4.78, 5) is 15.8. The molecule has 2 aromatic heterocycles. The van der Waals surface area contributed by atoms with Crippen LogP contribution < -0.4 is 4.74 Å². The Kier molecular flexibility index (Phi) is 4.52. The minimum absolute atomic E-state index is 0.594. The van der Waals surface area contributed by atoms with Gasteiger partial charge < -0.3 is 4.74 Å². The molecular formula is C21H21N3O2. The molecule has 2 heterocycles. The largest absolute Gasteiger partial charge is 0.477 e. The number of aldehydes is 1. The SMILES string of the molecule is Cc1cc(Cn2cc3c(n2)/C=C\C=C\C=C3C=O)cnc1OCC1CC1. The number of hydrogen-bond donors (Lipinski definition) is 0. The summed E-state index contributed by atoms with van der Waals surface area (Å²) in [5, 5.41) is 4.60. The number of allylic oxidation sites excluding steroid dienone is 5. The van der Waals surface area contributed by atoms with E-state index >= 15 is 0 Å². The molecule has 0 radical (unpaired) electrons. The molecule has 0 aliphatic heterocycles. The Morgan fingerprint density at radius 3 is 2.96 bits per heavy atom. The third kappa shape index (κ3) is 3.67. The van der Waals surface area contributed by atoms with Crippen LogP contribution in [0, 0.1) is 12.8 Å². The molecule has 26 heavy (non-hydrogen) atoms. The second-order valence-electron chi connectivity index (χ2n) is 6.83. The topological polar surface area (TPSA) is 57.0 Å². The summed E-state index contributed by atoms with van der Waals surface area (Å²) < 4.78 is 7.64. The molecule has 132 valence electrons. The van der Waals surface area contributed by atoms with Crippen LogP contribution in [-0.4, -0.2) is 27.7 Å². The molecular weight excluding hydrogens is 326 g/mol. The predicted octanol–water partition coefficient (Wildman–Crippen LogP) is 3.59. The second-order valence-corrected chi connectivity index (χ2v) is 6.83. The smallest absolute Gasteiger partial charge is 0.216 e. The first kappa shape index (κ1) is 16.5. The number of ether oxygens (including phenoxy) is 1. The molecule has 5 nitrogen and oxygen atoms in total. The highest BCUT2D eigenvalue weighted by molar-refractivity contribution is 6.08. The summed E-state index contributed by atoms with van der Waals surface area (Å²) in [6.45, 7) is 3.38. The number of nitrogens with zero attached hydrogens (tertiary/aromatic N) is 3. The van der Waals surface area contributed by atoms with Crippen molar-refractivity contribution in [3.8, 4) is 5.88 Å². The third-order valence-corrected chi connectivity index (χ3v) is 4.56. The van der Waals surface area contributed by atoms with E-state index in [9.17, 15) is 4.79 Å². The monoisotopic (exact) mass is 347 g/mol. The average Bonchev–Trinajstić information content (AvgIpc) is 3.37. The molecule has 0 saturated heterocycles. The molecule has 0 N–H and O–H groups in total. The first-order valence-electron chi connectivity index (χ1n) is 8.89. The maximum Gasteiger partial charge on any atom is 0.216 e. The Bertz CT molecular complexity index is 917. The van der Waals surface area contributed by atoms with Gasteiger partial charge in [0.1, 0.15) is 0 Å². The van der Waals surface area contributed by atoms with Gasteiger partial charge >= 0.3 is 0 Å². The number of aromatic nitrogens is 3. The Hall–Kier alpha value is -2.95. The number of aryl methyl sites for hydroxylation is 1. The zero-order chi connectivity index (χ0) is 17.9. The van der Waals surface area contributed by atoms with Crippen molar-refractivity contribution in [2.24, 2.45) is 5.92 Å². The lowest BCUT2D eigenvalue weighted by atomic mass is 10.1. The van der Waals surface area contributed by atoms with Gasteiger partial charge in [-0.05, 0) is 43.4 Å². The van der Waals surface area contributed by atoms with E-state index in [2.05, 4.69) is 16.1 Å². The minimum Gasteiger partial charge on any atom is -0.477 e. The molecule has 2 aliphatic rings. The zero-order valence-electron chi connectivity index (χ0n) is 14.8. The summed E-state index contributed by atoms with van der Waals surface area (Å²) in [7, 11) is 0. The molecule has 4 rings (SSSR count). The van der Waals surface area contributed by atoms with Crippen molar-refractivity contribution in [2.45, 2.75) is 26.3 Å². The fourth-order valence-corrected chi connectivity index (χ4v) is 2.95. The van der Waals surface area contributed by atoms with Gasteiger partial charge in [-0.3, -0.25) is 9.48 Å². The van der Waals surface area contributed by atoms with Crippen molar-refractivity contribution in [1.82, 2.24) is 14.8 Å². The van der Waals surface area contributed by atoms with Crippen molar-refractivity contribution < 1.29 is 9.53 Å². The lowest BCUT2D eigenvalue weighted by Gasteiger charge is -2.09. The standard InChI is InChI=1S/C21H21N3O2/c1-15-9-17(10-22-21(15)26-14-16-7-8-16)11-24-12-19-18(13-25)5-3-2-4-6-20(19)23-24/h2-6,9-10,12-13,16H,7-8,11,14H2,1H3/b3-2+,6-4-,18-5?. The van der Waals surface area contributed by atoms with Gasteiger partial charge in [0.15, 0.2) is 6.29 Å². The maximum atomic E-state index is 11.4. The molecule has 0 atom stereocenters. The number of hydrogen-bond acceptors (Lipinski definition) is 4. The van der Waals surface area contributed by atoms with Crippen LogP contribution in [0.5, 0.6) is 5.88 Å². The molecule has 0 unspecified atom stereocenters. The normalized spacial score (nSPS) is 18.3. The Balaban J connectivity index is 1.53. The fraction of sp³-hybridized carbons (Fsp3) is 0.286. The number of pyridine rings is 1. The molecule has 5 heteroatoms. The van der Waals surface area contributed by atoms with Crippen LogP contribution in [0.3, 0.4) is 0 Å². The highest BCUT2D eigenvalue weighted by atomic mass is 16.5. The summed E-state index contributed by atoms with van der Waals surface area (Å²) >= 11 is 0. The predicted molar refractivity (Wildman–Crippen MR) is 101 cm³/mol. The Morgan fingerprint density at radius 1 is 1.31 bits per heavy atom. The average molecular weight is 347 g/mol. The number of carbonyl (C=O) groups is 1. The lowest BCUT2D eigenvalue weighted by molar-refractivity contribution is -0.103.